The fraction of sp³-hybridized carbons (Fsp3) is 0.583. The molecule has 0 radical (unpaired) electrons. The van der Waals surface area contributed by atoms with Gasteiger partial charge in [0.25, 0.3) is 0 Å². The number of esters is 1. The molecule has 0 fully saturated rings. The first-order valence-electron chi connectivity index (χ1n) is 5.64. The Kier molecular flexibility index (Phi) is 4.41. The highest BCUT2D eigenvalue weighted by molar-refractivity contribution is 8.02. The normalized spacial score (nSPS) is 18.2. The van der Waals surface area contributed by atoms with E-state index in [-0.39, 0.29) is 17.6 Å². The SMILES string of the molecule is CCOC(=O)C(C#N)=C1SN(C)N=C1C(C)(C)C. The lowest BCUT2D eigenvalue weighted by molar-refractivity contribution is -0.138. The third-order valence-electron chi connectivity index (χ3n) is 2.21. The molecule has 18 heavy (non-hydrogen) atoms. The number of ether oxygens (including phenoxy) is 1. The summed E-state index contributed by atoms with van der Waals surface area (Å²) >= 11 is 1.27. The summed E-state index contributed by atoms with van der Waals surface area (Å²) in [7, 11) is 1.78. The molecule has 0 atom stereocenters. The first-order valence-corrected chi connectivity index (χ1v) is 6.41. The zero-order valence-electron chi connectivity index (χ0n) is 11.3. The molecule has 6 heteroatoms. The maximum Gasteiger partial charge on any atom is 0.350 e. The lowest BCUT2D eigenvalue weighted by atomic mass is 9.88. The van der Waals surface area contributed by atoms with Crippen molar-refractivity contribution in [2.75, 3.05) is 13.7 Å². The van der Waals surface area contributed by atoms with E-state index in [9.17, 15) is 4.79 Å². The molecule has 0 aromatic rings. The Labute approximate surface area is 112 Å². The van der Waals surface area contributed by atoms with E-state index < -0.39 is 5.97 Å². The Morgan fingerprint density at radius 2 is 2.17 bits per heavy atom. The molecular formula is C12H17N3O2S. The number of nitrogens with zero attached hydrogens (tertiary/aromatic N) is 3. The van der Waals surface area contributed by atoms with E-state index in [2.05, 4.69) is 5.10 Å². The highest BCUT2D eigenvalue weighted by Crippen LogP contribution is 2.38. The second kappa shape index (κ2) is 5.44. The van der Waals surface area contributed by atoms with Crippen molar-refractivity contribution >= 4 is 23.6 Å². The second-order valence-electron chi connectivity index (χ2n) is 4.79. The monoisotopic (exact) mass is 267 g/mol. The number of hydrazone groups is 1. The largest absolute Gasteiger partial charge is 0.462 e. The summed E-state index contributed by atoms with van der Waals surface area (Å²) in [4.78, 5) is 12.3. The number of hydrogen-bond donors (Lipinski definition) is 0. The van der Waals surface area contributed by atoms with Crippen LogP contribution in [0.25, 0.3) is 0 Å². The van der Waals surface area contributed by atoms with Gasteiger partial charge in [-0.05, 0) is 6.92 Å². The maximum absolute atomic E-state index is 11.8. The summed E-state index contributed by atoms with van der Waals surface area (Å²) in [6.45, 7) is 7.94. The van der Waals surface area contributed by atoms with Crippen LogP contribution >= 0.6 is 11.9 Å². The van der Waals surface area contributed by atoms with Crippen molar-refractivity contribution in [2.24, 2.45) is 10.5 Å². The minimum atomic E-state index is -0.588. The summed E-state index contributed by atoms with van der Waals surface area (Å²) in [5.41, 5.74) is 0.529. The van der Waals surface area contributed by atoms with Gasteiger partial charge in [0, 0.05) is 24.4 Å². The molecule has 1 heterocycles. The first kappa shape index (κ1) is 14.6. The highest BCUT2D eigenvalue weighted by Gasteiger charge is 2.34. The summed E-state index contributed by atoms with van der Waals surface area (Å²) in [6, 6.07) is 1.93. The second-order valence-corrected chi connectivity index (χ2v) is 5.91. The van der Waals surface area contributed by atoms with Gasteiger partial charge in [0.05, 0.1) is 17.2 Å². The van der Waals surface area contributed by atoms with E-state index in [1.165, 1.54) is 11.9 Å². The van der Waals surface area contributed by atoms with Gasteiger partial charge in [-0.1, -0.05) is 20.8 Å². The van der Waals surface area contributed by atoms with E-state index in [0.29, 0.717) is 4.91 Å². The summed E-state index contributed by atoms with van der Waals surface area (Å²) in [5.74, 6) is -0.588. The fourth-order valence-corrected chi connectivity index (χ4v) is 2.47. The van der Waals surface area contributed by atoms with Crippen LogP contribution in [-0.4, -0.2) is 29.7 Å². The van der Waals surface area contributed by atoms with E-state index in [4.69, 9.17) is 10.00 Å². The molecule has 0 amide bonds. The van der Waals surface area contributed by atoms with Gasteiger partial charge in [-0.25, -0.2) is 9.21 Å². The van der Waals surface area contributed by atoms with Crippen LogP contribution < -0.4 is 0 Å². The standard InChI is InChI=1S/C12H17N3O2S/c1-6-17-11(16)8(7-13)9-10(12(2,3)4)14-15(5)18-9/h6H2,1-5H3. The molecule has 0 N–H and O–H groups in total. The Morgan fingerprint density at radius 3 is 2.61 bits per heavy atom. The van der Waals surface area contributed by atoms with Crippen LogP contribution in [0.3, 0.4) is 0 Å². The van der Waals surface area contributed by atoms with Crippen LogP contribution in [0.15, 0.2) is 15.6 Å². The molecule has 0 spiro atoms. The van der Waals surface area contributed by atoms with Crippen molar-refractivity contribution < 1.29 is 9.53 Å². The van der Waals surface area contributed by atoms with Crippen LogP contribution in [0.1, 0.15) is 27.7 Å². The lowest BCUT2D eigenvalue weighted by Crippen LogP contribution is -2.22. The molecule has 1 aliphatic heterocycles. The summed E-state index contributed by atoms with van der Waals surface area (Å²) in [5, 5.41) is 13.5. The van der Waals surface area contributed by atoms with E-state index in [1.54, 1.807) is 18.4 Å². The molecular weight excluding hydrogens is 250 g/mol. The Balaban J connectivity index is 3.25. The van der Waals surface area contributed by atoms with Crippen LogP contribution in [0.5, 0.6) is 0 Å². The maximum atomic E-state index is 11.8. The van der Waals surface area contributed by atoms with Crippen LogP contribution in [0.4, 0.5) is 0 Å². The molecule has 0 unspecified atom stereocenters. The average molecular weight is 267 g/mol. The first-order chi connectivity index (χ1) is 8.31. The van der Waals surface area contributed by atoms with Crippen LogP contribution in [0.2, 0.25) is 0 Å². The molecule has 0 saturated carbocycles. The lowest BCUT2D eigenvalue weighted by Gasteiger charge is -2.18. The number of hydrogen-bond acceptors (Lipinski definition) is 6. The molecule has 98 valence electrons. The summed E-state index contributed by atoms with van der Waals surface area (Å²) < 4.78 is 6.54. The van der Waals surface area contributed by atoms with Gasteiger partial charge in [0.1, 0.15) is 6.07 Å². The van der Waals surface area contributed by atoms with Crippen molar-refractivity contribution in [3.8, 4) is 6.07 Å². The van der Waals surface area contributed by atoms with Gasteiger partial charge in [0.15, 0.2) is 5.57 Å². The molecule has 1 rings (SSSR count). The Bertz CT molecular complexity index is 455. The molecule has 5 nitrogen and oxygen atoms in total. The van der Waals surface area contributed by atoms with Gasteiger partial charge in [-0.3, -0.25) is 0 Å². The molecule has 0 aromatic carbocycles. The Hall–Kier alpha value is -1.48. The molecule has 0 aliphatic carbocycles. The van der Waals surface area contributed by atoms with Gasteiger partial charge >= 0.3 is 5.97 Å². The zero-order valence-corrected chi connectivity index (χ0v) is 12.1. The highest BCUT2D eigenvalue weighted by atomic mass is 32.2. The average Bonchev–Trinajstić information content (AvgIpc) is 2.61. The molecule has 0 aromatic heterocycles. The minimum absolute atomic E-state index is 0.0277. The van der Waals surface area contributed by atoms with Gasteiger partial charge in [0.2, 0.25) is 0 Å². The van der Waals surface area contributed by atoms with Gasteiger partial charge < -0.3 is 4.74 Å². The van der Waals surface area contributed by atoms with Crippen molar-refractivity contribution in [1.82, 2.24) is 4.41 Å². The predicted octanol–water partition coefficient (Wildman–Crippen LogP) is 2.32. The third-order valence-corrected chi connectivity index (χ3v) is 3.13. The van der Waals surface area contributed by atoms with Crippen molar-refractivity contribution in [3.05, 3.63) is 10.5 Å². The van der Waals surface area contributed by atoms with Gasteiger partial charge in [-0.2, -0.15) is 10.4 Å². The Morgan fingerprint density at radius 1 is 1.56 bits per heavy atom. The predicted molar refractivity (Wildman–Crippen MR) is 71.5 cm³/mol. The van der Waals surface area contributed by atoms with Crippen LogP contribution in [-0.2, 0) is 9.53 Å². The van der Waals surface area contributed by atoms with Crippen molar-refractivity contribution in [1.29, 1.82) is 5.26 Å². The fourth-order valence-electron chi connectivity index (χ4n) is 1.43. The molecule has 1 aliphatic rings. The van der Waals surface area contributed by atoms with Gasteiger partial charge in [-0.15, -0.1) is 0 Å². The van der Waals surface area contributed by atoms with E-state index >= 15 is 0 Å². The number of allylic oxidation sites excluding steroid dienone is 1. The zero-order chi connectivity index (χ0) is 13.9. The minimum Gasteiger partial charge on any atom is -0.462 e. The van der Waals surface area contributed by atoms with Crippen molar-refractivity contribution in [2.45, 2.75) is 27.7 Å². The topological polar surface area (TPSA) is 65.7 Å². The van der Waals surface area contributed by atoms with Crippen LogP contribution in [0, 0.1) is 16.7 Å². The summed E-state index contributed by atoms with van der Waals surface area (Å²) in [6.07, 6.45) is 0. The number of nitriles is 1. The third kappa shape index (κ3) is 3.05. The smallest absolute Gasteiger partial charge is 0.350 e. The number of carbonyl (C=O) groups is 1. The quantitative estimate of drug-likeness (QED) is 0.332. The van der Waals surface area contributed by atoms with E-state index in [1.807, 2.05) is 26.8 Å². The van der Waals surface area contributed by atoms with Crippen molar-refractivity contribution in [3.63, 3.8) is 0 Å². The number of carbonyl (C=O) groups excluding carboxylic acids is 1. The molecule has 0 bridgehead atoms. The van der Waals surface area contributed by atoms with E-state index in [0.717, 1.165) is 5.71 Å². The molecule has 0 saturated heterocycles. The number of rotatable bonds is 2.